The number of aromatic nitrogens is 3. The van der Waals surface area contributed by atoms with E-state index in [4.69, 9.17) is 9.47 Å². The van der Waals surface area contributed by atoms with Crippen LogP contribution in [-0.4, -0.2) is 83.4 Å². The maximum atomic E-state index is 12.8. The van der Waals surface area contributed by atoms with E-state index in [1.54, 1.807) is 35.4 Å². The number of carbonyl (C=O) groups excluding carboxylic acids is 2. The standard InChI is InChI=1S/C29H35N7O4/c1-20(2)40-25-11-7-21(8-12-25)27(37)32-24-4-3-13-36(19-24)29-33-26(18-30-34-29)31-23-9-5-22(6-10-23)28(38)35-14-16-39-17-15-35/h5-12,18,20,24H,3-4,13-17,19H2,1-2H3,(H,32,37)(H,31,33,34). The number of hydrogen-bond acceptors (Lipinski definition) is 9. The summed E-state index contributed by atoms with van der Waals surface area (Å²) in [5.41, 5.74) is 2.02. The molecule has 11 nitrogen and oxygen atoms in total. The molecule has 210 valence electrons. The fourth-order valence-electron chi connectivity index (χ4n) is 4.78. The van der Waals surface area contributed by atoms with E-state index in [-0.39, 0.29) is 24.0 Å². The number of carbonyl (C=O) groups is 2. The third-order valence-corrected chi connectivity index (χ3v) is 6.78. The molecule has 2 aliphatic rings. The molecule has 3 heterocycles. The van der Waals surface area contributed by atoms with Gasteiger partial charge >= 0.3 is 0 Å². The summed E-state index contributed by atoms with van der Waals surface area (Å²) in [5, 5.41) is 14.8. The quantitative estimate of drug-likeness (QED) is 0.439. The van der Waals surface area contributed by atoms with Crippen molar-refractivity contribution in [3.05, 3.63) is 65.9 Å². The van der Waals surface area contributed by atoms with Crippen LogP contribution in [0.4, 0.5) is 17.5 Å². The molecule has 0 aliphatic carbocycles. The highest BCUT2D eigenvalue weighted by Crippen LogP contribution is 2.21. The Balaban J connectivity index is 1.17. The minimum absolute atomic E-state index is 0.00439. The van der Waals surface area contributed by atoms with Gasteiger partial charge in [0.1, 0.15) is 5.75 Å². The lowest BCUT2D eigenvalue weighted by Crippen LogP contribution is -2.48. The summed E-state index contributed by atoms with van der Waals surface area (Å²) < 4.78 is 11.0. The number of morpholine rings is 1. The molecule has 2 fully saturated rings. The fraction of sp³-hybridized carbons (Fsp3) is 0.414. The molecule has 2 N–H and O–H groups in total. The molecule has 2 aromatic carbocycles. The van der Waals surface area contributed by atoms with Gasteiger partial charge in [0.2, 0.25) is 5.95 Å². The van der Waals surface area contributed by atoms with Gasteiger partial charge < -0.3 is 29.9 Å². The number of nitrogens with zero attached hydrogens (tertiary/aromatic N) is 5. The highest BCUT2D eigenvalue weighted by atomic mass is 16.5. The molecule has 2 aliphatic heterocycles. The molecule has 5 rings (SSSR count). The number of hydrogen-bond donors (Lipinski definition) is 2. The molecule has 40 heavy (non-hydrogen) atoms. The average molecular weight is 546 g/mol. The number of nitrogens with one attached hydrogen (secondary N) is 2. The van der Waals surface area contributed by atoms with Crippen LogP contribution in [0.3, 0.4) is 0 Å². The van der Waals surface area contributed by atoms with E-state index in [1.165, 1.54) is 0 Å². The van der Waals surface area contributed by atoms with Crippen LogP contribution >= 0.6 is 0 Å². The highest BCUT2D eigenvalue weighted by molar-refractivity contribution is 5.95. The molecular weight excluding hydrogens is 510 g/mol. The summed E-state index contributed by atoms with van der Waals surface area (Å²) in [5.74, 6) is 1.68. The Morgan fingerprint density at radius 1 is 1.00 bits per heavy atom. The van der Waals surface area contributed by atoms with E-state index >= 15 is 0 Å². The second-order valence-corrected chi connectivity index (χ2v) is 10.2. The van der Waals surface area contributed by atoms with Crippen molar-refractivity contribution in [3.8, 4) is 5.75 Å². The van der Waals surface area contributed by atoms with E-state index in [9.17, 15) is 9.59 Å². The van der Waals surface area contributed by atoms with Crippen molar-refractivity contribution in [1.29, 1.82) is 0 Å². The maximum absolute atomic E-state index is 12.8. The molecule has 3 aromatic rings. The fourth-order valence-corrected chi connectivity index (χ4v) is 4.78. The number of ether oxygens (including phenoxy) is 2. The van der Waals surface area contributed by atoms with Crippen molar-refractivity contribution < 1.29 is 19.1 Å². The lowest BCUT2D eigenvalue weighted by atomic mass is 10.1. The van der Waals surface area contributed by atoms with Crippen molar-refractivity contribution >= 4 is 29.3 Å². The summed E-state index contributed by atoms with van der Waals surface area (Å²) in [6.07, 6.45) is 3.41. The zero-order chi connectivity index (χ0) is 27.9. The minimum atomic E-state index is -0.118. The first kappa shape index (κ1) is 27.3. The molecule has 11 heteroatoms. The third-order valence-electron chi connectivity index (χ3n) is 6.78. The van der Waals surface area contributed by atoms with Gasteiger partial charge in [0.05, 0.1) is 25.5 Å². The Hall–Kier alpha value is -4.25. The topological polar surface area (TPSA) is 122 Å². The largest absolute Gasteiger partial charge is 0.491 e. The van der Waals surface area contributed by atoms with Crippen LogP contribution in [0.15, 0.2) is 54.7 Å². The van der Waals surface area contributed by atoms with Gasteiger partial charge in [-0.25, -0.2) is 0 Å². The van der Waals surface area contributed by atoms with Crippen LogP contribution < -0.4 is 20.3 Å². The minimum Gasteiger partial charge on any atom is -0.491 e. The SMILES string of the molecule is CC(C)Oc1ccc(C(=O)NC2CCCN(c3nncc(Nc4ccc(C(=O)N5CCOCC5)cc4)n3)C2)cc1. The second kappa shape index (κ2) is 12.7. The van der Waals surface area contributed by atoms with Gasteiger partial charge in [-0.15, -0.1) is 5.10 Å². The number of amides is 2. The molecular formula is C29H35N7O4. The number of rotatable bonds is 8. The van der Waals surface area contributed by atoms with Crippen molar-refractivity contribution in [2.75, 3.05) is 49.6 Å². The molecule has 0 bridgehead atoms. The normalized spacial score (nSPS) is 17.4. The number of piperidine rings is 1. The summed E-state index contributed by atoms with van der Waals surface area (Å²) in [4.78, 5) is 34.0. The highest BCUT2D eigenvalue weighted by Gasteiger charge is 2.24. The Kier molecular flexibility index (Phi) is 8.70. The molecule has 1 aromatic heterocycles. The predicted molar refractivity (Wildman–Crippen MR) is 151 cm³/mol. The van der Waals surface area contributed by atoms with Gasteiger partial charge in [0.15, 0.2) is 5.82 Å². The van der Waals surface area contributed by atoms with Crippen LogP contribution in [0.1, 0.15) is 47.4 Å². The monoisotopic (exact) mass is 545 g/mol. The van der Waals surface area contributed by atoms with Crippen molar-refractivity contribution in [3.63, 3.8) is 0 Å². The molecule has 1 atom stereocenters. The zero-order valence-electron chi connectivity index (χ0n) is 22.9. The van der Waals surface area contributed by atoms with Crippen molar-refractivity contribution in [2.24, 2.45) is 0 Å². The van der Waals surface area contributed by atoms with Gasteiger partial charge in [0.25, 0.3) is 11.8 Å². The van der Waals surface area contributed by atoms with Gasteiger partial charge in [-0.1, -0.05) is 0 Å². The summed E-state index contributed by atoms with van der Waals surface area (Å²) in [7, 11) is 0. The van der Waals surface area contributed by atoms with E-state index < -0.39 is 0 Å². The second-order valence-electron chi connectivity index (χ2n) is 10.2. The first-order valence-corrected chi connectivity index (χ1v) is 13.7. The first-order chi connectivity index (χ1) is 19.4. The van der Waals surface area contributed by atoms with E-state index in [0.29, 0.717) is 55.7 Å². The van der Waals surface area contributed by atoms with Crippen LogP contribution in [0, 0.1) is 0 Å². The Labute approximate surface area is 233 Å². The van der Waals surface area contributed by atoms with Crippen LogP contribution in [0.25, 0.3) is 0 Å². The molecule has 1 unspecified atom stereocenters. The number of benzene rings is 2. The lowest BCUT2D eigenvalue weighted by Gasteiger charge is -2.33. The van der Waals surface area contributed by atoms with Crippen molar-refractivity contribution in [1.82, 2.24) is 25.4 Å². The molecule has 2 amide bonds. The van der Waals surface area contributed by atoms with Crippen LogP contribution in [0.5, 0.6) is 5.75 Å². The van der Waals surface area contributed by atoms with E-state index in [2.05, 4.69) is 25.8 Å². The molecule has 0 saturated carbocycles. The molecule has 2 saturated heterocycles. The first-order valence-electron chi connectivity index (χ1n) is 13.7. The van der Waals surface area contributed by atoms with Crippen molar-refractivity contribution in [2.45, 2.75) is 38.8 Å². The summed E-state index contributed by atoms with van der Waals surface area (Å²) >= 11 is 0. The van der Waals surface area contributed by atoms with Gasteiger partial charge in [-0.3, -0.25) is 9.59 Å². The average Bonchev–Trinajstić information content (AvgIpc) is 2.98. The van der Waals surface area contributed by atoms with Gasteiger partial charge in [0, 0.05) is 49.0 Å². The molecule has 0 spiro atoms. The third kappa shape index (κ3) is 7.03. The van der Waals surface area contributed by atoms with Gasteiger partial charge in [-0.2, -0.15) is 10.1 Å². The zero-order valence-corrected chi connectivity index (χ0v) is 22.9. The Morgan fingerprint density at radius 3 is 2.45 bits per heavy atom. The van der Waals surface area contributed by atoms with Crippen LogP contribution in [0.2, 0.25) is 0 Å². The van der Waals surface area contributed by atoms with Gasteiger partial charge in [-0.05, 0) is 75.2 Å². The smallest absolute Gasteiger partial charge is 0.254 e. The Morgan fingerprint density at radius 2 is 1.73 bits per heavy atom. The van der Waals surface area contributed by atoms with Crippen LogP contribution in [-0.2, 0) is 4.74 Å². The predicted octanol–water partition coefficient (Wildman–Crippen LogP) is 3.27. The van der Waals surface area contributed by atoms with E-state index in [0.717, 1.165) is 30.8 Å². The van der Waals surface area contributed by atoms with E-state index in [1.807, 2.05) is 43.0 Å². The Bertz CT molecular complexity index is 1290. The summed E-state index contributed by atoms with van der Waals surface area (Å²) in [6, 6.07) is 14.5. The molecule has 0 radical (unpaired) electrons. The lowest BCUT2D eigenvalue weighted by molar-refractivity contribution is 0.0303. The summed E-state index contributed by atoms with van der Waals surface area (Å²) in [6.45, 7) is 7.65. The maximum Gasteiger partial charge on any atom is 0.254 e. The number of anilines is 3.